The molecule has 1 aromatic heterocycles. The number of para-hydroxylation sites is 1. The number of primary amides is 1. The van der Waals surface area contributed by atoms with Crippen molar-refractivity contribution in [3.8, 4) is 11.6 Å². The molecule has 1 aliphatic rings. The zero-order valence-corrected chi connectivity index (χ0v) is 14.4. The molecule has 1 saturated heterocycles. The summed E-state index contributed by atoms with van der Waals surface area (Å²) in [6, 6.07) is 12.5. The molecule has 2 heterocycles. The SMILES string of the molecule is NC(=O)N1CCCC(C(=O)NCc2cccnc2Oc2ccccc2)C1. The zero-order chi connectivity index (χ0) is 18.4. The maximum atomic E-state index is 12.5. The number of benzene rings is 1. The Hall–Kier alpha value is -3.09. The minimum Gasteiger partial charge on any atom is -0.439 e. The van der Waals surface area contributed by atoms with E-state index in [2.05, 4.69) is 10.3 Å². The number of piperidine rings is 1. The van der Waals surface area contributed by atoms with E-state index in [4.69, 9.17) is 10.5 Å². The predicted molar refractivity (Wildman–Crippen MR) is 96.5 cm³/mol. The first-order chi connectivity index (χ1) is 12.6. The molecular weight excluding hydrogens is 332 g/mol. The first-order valence-corrected chi connectivity index (χ1v) is 8.62. The van der Waals surface area contributed by atoms with Gasteiger partial charge in [-0.3, -0.25) is 4.79 Å². The fourth-order valence-corrected chi connectivity index (χ4v) is 2.97. The molecule has 26 heavy (non-hydrogen) atoms. The Labute approximate surface area is 152 Å². The van der Waals surface area contributed by atoms with Gasteiger partial charge in [-0.1, -0.05) is 24.3 Å². The van der Waals surface area contributed by atoms with Gasteiger partial charge < -0.3 is 20.7 Å². The van der Waals surface area contributed by atoms with Crippen molar-refractivity contribution in [1.82, 2.24) is 15.2 Å². The van der Waals surface area contributed by atoms with Crippen molar-refractivity contribution < 1.29 is 14.3 Å². The number of aromatic nitrogens is 1. The van der Waals surface area contributed by atoms with Gasteiger partial charge in [0.15, 0.2) is 0 Å². The van der Waals surface area contributed by atoms with E-state index >= 15 is 0 Å². The number of amides is 3. The van der Waals surface area contributed by atoms with Gasteiger partial charge in [-0.05, 0) is 31.0 Å². The van der Waals surface area contributed by atoms with Gasteiger partial charge in [-0.25, -0.2) is 9.78 Å². The van der Waals surface area contributed by atoms with E-state index in [1.807, 2.05) is 36.4 Å². The number of nitrogens with one attached hydrogen (secondary N) is 1. The molecule has 7 heteroatoms. The molecule has 3 rings (SSSR count). The van der Waals surface area contributed by atoms with E-state index in [1.165, 1.54) is 4.90 Å². The molecule has 1 atom stereocenters. The number of nitrogens with two attached hydrogens (primary N) is 1. The number of carbonyl (C=O) groups is 2. The normalized spacial score (nSPS) is 16.8. The molecule has 0 saturated carbocycles. The van der Waals surface area contributed by atoms with Crippen molar-refractivity contribution in [3.63, 3.8) is 0 Å². The highest BCUT2D eigenvalue weighted by atomic mass is 16.5. The molecule has 0 aliphatic carbocycles. The zero-order valence-electron chi connectivity index (χ0n) is 14.4. The maximum Gasteiger partial charge on any atom is 0.314 e. The Morgan fingerprint density at radius 3 is 2.81 bits per heavy atom. The third kappa shape index (κ3) is 4.50. The predicted octanol–water partition coefficient (Wildman–Crippen LogP) is 2.28. The van der Waals surface area contributed by atoms with E-state index in [0.29, 0.717) is 31.3 Å². The molecular formula is C19H22N4O3. The molecule has 0 radical (unpaired) electrons. The van der Waals surface area contributed by atoms with Crippen molar-refractivity contribution in [1.29, 1.82) is 0 Å². The standard InChI is InChI=1S/C19H22N4O3/c20-19(25)23-11-5-7-15(13-23)17(24)22-12-14-6-4-10-21-18(14)26-16-8-2-1-3-9-16/h1-4,6,8-10,15H,5,7,11-13H2,(H2,20,25)(H,22,24). The third-order valence-electron chi connectivity index (χ3n) is 4.36. The van der Waals surface area contributed by atoms with E-state index < -0.39 is 6.03 Å². The highest BCUT2D eigenvalue weighted by molar-refractivity contribution is 5.80. The highest BCUT2D eigenvalue weighted by Gasteiger charge is 2.27. The fraction of sp³-hybridized carbons (Fsp3) is 0.316. The average Bonchev–Trinajstić information content (AvgIpc) is 2.68. The first kappa shape index (κ1) is 17.7. The van der Waals surface area contributed by atoms with Crippen LogP contribution in [-0.2, 0) is 11.3 Å². The smallest absolute Gasteiger partial charge is 0.314 e. The number of urea groups is 1. The molecule has 3 N–H and O–H groups in total. The van der Waals surface area contributed by atoms with Crippen molar-refractivity contribution in [3.05, 3.63) is 54.2 Å². The van der Waals surface area contributed by atoms with E-state index in [0.717, 1.165) is 18.4 Å². The number of rotatable bonds is 5. The van der Waals surface area contributed by atoms with Gasteiger partial charge in [0.25, 0.3) is 0 Å². The number of carbonyl (C=O) groups excluding carboxylic acids is 2. The Kier molecular flexibility index (Phi) is 5.68. The summed E-state index contributed by atoms with van der Waals surface area (Å²) in [6.45, 7) is 1.28. The third-order valence-corrected chi connectivity index (χ3v) is 4.36. The van der Waals surface area contributed by atoms with Crippen LogP contribution in [0.2, 0.25) is 0 Å². The molecule has 2 aromatic rings. The van der Waals surface area contributed by atoms with Gasteiger partial charge in [0.1, 0.15) is 5.75 Å². The van der Waals surface area contributed by atoms with E-state index in [1.54, 1.807) is 12.3 Å². The first-order valence-electron chi connectivity index (χ1n) is 8.62. The molecule has 0 spiro atoms. The van der Waals surface area contributed by atoms with Crippen LogP contribution in [0.25, 0.3) is 0 Å². The number of pyridine rings is 1. The second kappa shape index (κ2) is 8.33. The Balaban J connectivity index is 1.61. The molecule has 7 nitrogen and oxygen atoms in total. The lowest BCUT2D eigenvalue weighted by atomic mass is 9.97. The summed E-state index contributed by atoms with van der Waals surface area (Å²) in [5.74, 6) is 0.807. The van der Waals surface area contributed by atoms with Crippen LogP contribution in [0, 0.1) is 5.92 Å². The van der Waals surface area contributed by atoms with Gasteiger partial charge in [0.05, 0.1) is 5.92 Å². The van der Waals surface area contributed by atoms with Gasteiger partial charge >= 0.3 is 6.03 Å². The average molecular weight is 354 g/mol. The summed E-state index contributed by atoms with van der Waals surface area (Å²) >= 11 is 0. The minimum absolute atomic E-state index is 0.0922. The quantitative estimate of drug-likeness (QED) is 0.861. The summed E-state index contributed by atoms with van der Waals surface area (Å²) in [6.07, 6.45) is 3.17. The van der Waals surface area contributed by atoms with Crippen molar-refractivity contribution in [2.24, 2.45) is 11.7 Å². The van der Waals surface area contributed by atoms with Gasteiger partial charge in [0, 0.05) is 31.4 Å². The summed E-state index contributed by atoms with van der Waals surface area (Å²) < 4.78 is 5.80. The van der Waals surface area contributed by atoms with E-state index in [-0.39, 0.29) is 11.8 Å². The lowest BCUT2D eigenvalue weighted by Gasteiger charge is -2.30. The molecule has 1 unspecified atom stereocenters. The van der Waals surface area contributed by atoms with Crippen LogP contribution in [0.15, 0.2) is 48.7 Å². The molecule has 1 fully saturated rings. The lowest BCUT2D eigenvalue weighted by Crippen LogP contribution is -2.47. The molecule has 3 amide bonds. The van der Waals surface area contributed by atoms with Crippen molar-refractivity contribution in [2.75, 3.05) is 13.1 Å². The molecule has 1 aliphatic heterocycles. The Bertz CT molecular complexity index is 766. The Morgan fingerprint density at radius 1 is 1.23 bits per heavy atom. The second-order valence-corrected chi connectivity index (χ2v) is 6.22. The number of nitrogens with zero attached hydrogens (tertiary/aromatic N) is 2. The maximum absolute atomic E-state index is 12.5. The minimum atomic E-state index is -0.478. The topological polar surface area (TPSA) is 97.6 Å². The van der Waals surface area contributed by atoms with E-state index in [9.17, 15) is 9.59 Å². The second-order valence-electron chi connectivity index (χ2n) is 6.22. The monoisotopic (exact) mass is 354 g/mol. The van der Waals surface area contributed by atoms with Crippen LogP contribution < -0.4 is 15.8 Å². The van der Waals surface area contributed by atoms with Crippen LogP contribution in [0.3, 0.4) is 0 Å². The van der Waals surface area contributed by atoms with Crippen molar-refractivity contribution in [2.45, 2.75) is 19.4 Å². The summed E-state index contributed by atoms with van der Waals surface area (Å²) in [5, 5.41) is 2.92. The van der Waals surface area contributed by atoms with Gasteiger partial charge in [0.2, 0.25) is 11.8 Å². The molecule has 136 valence electrons. The molecule has 1 aromatic carbocycles. The van der Waals surface area contributed by atoms with Crippen LogP contribution in [0.5, 0.6) is 11.6 Å². The van der Waals surface area contributed by atoms with Crippen molar-refractivity contribution >= 4 is 11.9 Å². The highest BCUT2D eigenvalue weighted by Crippen LogP contribution is 2.23. The van der Waals surface area contributed by atoms with Crippen LogP contribution in [0.1, 0.15) is 18.4 Å². The van der Waals surface area contributed by atoms with Crippen LogP contribution >= 0.6 is 0 Å². The summed E-state index contributed by atoms with van der Waals surface area (Å²) in [7, 11) is 0. The number of ether oxygens (including phenoxy) is 1. The Morgan fingerprint density at radius 2 is 2.04 bits per heavy atom. The number of likely N-dealkylation sites (tertiary alicyclic amines) is 1. The van der Waals surface area contributed by atoms with Crippen LogP contribution in [-0.4, -0.2) is 34.9 Å². The van der Waals surface area contributed by atoms with Gasteiger partial charge in [-0.15, -0.1) is 0 Å². The van der Waals surface area contributed by atoms with Crippen LogP contribution in [0.4, 0.5) is 4.79 Å². The summed E-state index contributed by atoms with van der Waals surface area (Å²) in [5.41, 5.74) is 6.10. The number of hydrogen-bond donors (Lipinski definition) is 2. The number of hydrogen-bond acceptors (Lipinski definition) is 4. The molecule has 0 bridgehead atoms. The summed E-state index contributed by atoms with van der Waals surface area (Å²) in [4.78, 5) is 29.5. The largest absolute Gasteiger partial charge is 0.439 e. The fourth-order valence-electron chi connectivity index (χ4n) is 2.97. The lowest BCUT2D eigenvalue weighted by molar-refractivity contribution is -0.126. The van der Waals surface area contributed by atoms with Gasteiger partial charge in [-0.2, -0.15) is 0 Å².